The largest absolute Gasteiger partial charge is 0.351 e. The number of hydrogen-bond donors (Lipinski definition) is 0. The van der Waals surface area contributed by atoms with Crippen LogP contribution in [0.25, 0.3) is 0 Å². The molecule has 4 rings (SSSR count). The Morgan fingerprint density at radius 3 is 2.30 bits per heavy atom. The number of fused-ring (bicyclic) bond motifs is 2. The van der Waals surface area contributed by atoms with Crippen molar-refractivity contribution in [1.29, 1.82) is 0 Å². The topological polar surface area (TPSA) is 12.5 Å². The van der Waals surface area contributed by atoms with Gasteiger partial charge in [-0.25, -0.2) is 0 Å². The molecule has 1 spiro atoms. The van der Waals surface area contributed by atoms with Crippen LogP contribution in [0, 0.1) is 0 Å². The van der Waals surface area contributed by atoms with E-state index in [1.165, 1.54) is 0 Å². The van der Waals surface area contributed by atoms with Gasteiger partial charge >= 0.3 is 0 Å². The molecule has 1 atom stereocenters. The first-order chi connectivity index (χ1) is 13.0. The first-order valence-corrected chi connectivity index (χ1v) is 9.37. The Bertz CT molecular complexity index is 965. The van der Waals surface area contributed by atoms with Gasteiger partial charge in [0.15, 0.2) is 0 Å². The van der Waals surface area contributed by atoms with Crippen molar-refractivity contribution in [3.05, 3.63) is 108 Å². The Labute approximate surface area is 161 Å². The summed E-state index contributed by atoms with van der Waals surface area (Å²) in [6.07, 6.45) is 10.5. The predicted molar refractivity (Wildman–Crippen MR) is 113 cm³/mol. The highest BCUT2D eigenvalue weighted by molar-refractivity contribution is 5.80. The van der Waals surface area contributed by atoms with Crippen LogP contribution in [0.3, 0.4) is 0 Å². The Balaban J connectivity index is 2.06. The molecular weight excluding hydrogens is 330 g/mol. The second kappa shape index (κ2) is 6.40. The monoisotopic (exact) mass is 355 g/mol. The van der Waals surface area contributed by atoms with Crippen molar-refractivity contribution in [1.82, 2.24) is 0 Å². The zero-order valence-corrected chi connectivity index (χ0v) is 16.1. The van der Waals surface area contributed by atoms with E-state index < -0.39 is 5.60 Å². The van der Waals surface area contributed by atoms with Gasteiger partial charge in [0, 0.05) is 16.8 Å². The molecule has 0 radical (unpaired) electrons. The highest BCUT2D eigenvalue weighted by Gasteiger charge is 2.48. The molecule has 2 aromatic rings. The number of hydrogen-bond acceptors (Lipinski definition) is 2. The molecule has 2 nitrogen and oxygen atoms in total. The van der Waals surface area contributed by atoms with Crippen LogP contribution in [0.2, 0.25) is 0 Å². The summed E-state index contributed by atoms with van der Waals surface area (Å²) >= 11 is 0. The first kappa shape index (κ1) is 17.6. The van der Waals surface area contributed by atoms with Crippen LogP contribution in [0.1, 0.15) is 26.3 Å². The van der Waals surface area contributed by atoms with Crippen LogP contribution < -0.4 is 4.90 Å². The number of allylic oxidation sites excluding steroid dienone is 2. The van der Waals surface area contributed by atoms with Crippen LogP contribution in [-0.2, 0) is 10.3 Å². The maximum atomic E-state index is 6.67. The van der Waals surface area contributed by atoms with Crippen molar-refractivity contribution in [2.24, 2.45) is 0 Å². The number of nitrogens with zero attached hydrogens (tertiary/aromatic N) is 1. The summed E-state index contributed by atoms with van der Waals surface area (Å²) in [6, 6.07) is 18.9. The Morgan fingerprint density at radius 1 is 0.963 bits per heavy atom. The van der Waals surface area contributed by atoms with E-state index in [0.717, 1.165) is 28.2 Å². The smallest absolute Gasteiger partial charge is 0.142 e. The van der Waals surface area contributed by atoms with Crippen LogP contribution in [0.5, 0.6) is 0 Å². The fourth-order valence-corrected chi connectivity index (χ4v) is 4.09. The molecule has 0 saturated heterocycles. The van der Waals surface area contributed by atoms with Gasteiger partial charge in [-0.1, -0.05) is 61.2 Å². The summed E-state index contributed by atoms with van der Waals surface area (Å²) in [7, 11) is 0. The Morgan fingerprint density at radius 2 is 1.67 bits per heavy atom. The number of benzene rings is 2. The molecule has 1 unspecified atom stereocenters. The van der Waals surface area contributed by atoms with Crippen molar-refractivity contribution in [3.63, 3.8) is 0 Å². The standard InChI is InChI=1S/C25H25NO/c1-5-12-22-20(6-2)25(18-17-24(3,4)27-25)21-15-10-11-16-23(21)26(22)19-13-8-7-9-14-19/h5-18H,2H2,1,3-4H3/b12-5-. The molecule has 0 N–H and O–H groups in total. The van der Waals surface area contributed by atoms with Crippen LogP contribution in [0.15, 0.2) is 103 Å². The average molecular weight is 355 g/mol. The molecular formula is C25H25NO. The zero-order valence-electron chi connectivity index (χ0n) is 16.1. The van der Waals surface area contributed by atoms with Crippen LogP contribution >= 0.6 is 0 Å². The third-order valence-electron chi connectivity index (χ3n) is 5.15. The second-order valence-corrected chi connectivity index (χ2v) is 7.47. The van der Waals surface area contributed by atoms with Gasteiger partial charge in [-0.15, -0.1) is 0 Å². The minimum absolute atomic E-state index is 0.336. The van der Waals surface area contributed by atoms with Gasteiger partial charge in [-0.3, -0.25) is 0 Å². The molecule has 2 heteroatoms. The summed E-state index contributed by atoms with van der Waals surface area (Å²) < 4.78 is 6.67. The Kier molecular flexibility index (Phi) is 4.16. The summed E-state index contributed by atoms with van der Waals surface area (Å²) in [6.45, 7) is 10.4. The third kappa shape index (κ3) is 2.68. The van der Waals surface area contributed by atoms with E-state index in [2.05, 4.69) is 98.2 Å². The summed E-state index contributed by atoms with van der Waals surface area (Å²) in [5, 5.41) is 0. The van der Waals surface area contributed by atoms with Crippen molar-refractivity contribution in [2.45, 2.75) is 32.0 Å². The lowest BCUT2D eigenvalue weighted by Crippen LogP contribution is -2.39. The quantitative estimate of drug-likeness (QED) is 0.589. The van der Waals surface area contributed by atoms with E-state index in [-0.39, 0.29) is 5.60 Å². The van der Waals surface area contributed by atoms with Gasteiger partial charge in [0.05, 0.1) is 17.0 Å². The van der Waals surface area contributed by atoms with Crippen molar-refractivity contribution in [2.75, 3.05) is 4.90 Å². The van der Waals surface area contributed by atoms with Crippen molar-refractivity contribution in [3.8, 4) is 0 Å². The minimum Gasteiger partial charge on any atom is -0.351 e. The van der Waals surface area contributed by atoms with Gasteiger partial charge in [-0.05, 0) is 51.1 Å². The molecule has 0 aromatic heterocycles. The molecule has 2 heterocycles. The van der Waals surface area contributed by atoms with Gasteiger partial charge < -0.3 is 9.64 Å². The predicted octanol–water partition coefficient (Wildman–Crippen LogP) is 6.41. The van der Waals surface area contributed by atoms with Gasteiger partial charge in [-0.2, -0.15) is 0 Å². The minimum atomic E-state index is -0.623. The molecule has 2 aromatic carbocycles. The molecule has 0 bridgehead atoms. The molecule has 2 aliphatic rings. The summed E-state index contributed by atoms with van der Waals surface area (Å²) in [5.74, 6) is 0. The molecule has 0 amide bonds. The molecule has 27 heavy (non-hydrogen) atoms. The maximum absolute atomic E-state index is 6.67. The van der Waals surface area contributed by atoms with E-state index >= 15 is 0 Å². The maximum Gasteiger partial charge on any atom is 0.142 e. The van der Waals surface area contributed by atoms with Crippen LogP contribution in [-0.4, -0.2) is 5.60 Å². The highest BCUT2D eigenvalue weighted by Crippen LogP contribution is 2.54. The summed E-state index contributed by atoms with van der Waals surface area (Å²) in [5.41, 5.74) is 4.57. The third-order valence-corrected chi connectivity index (χ3v) is 5.15. The van der Waals surface area contributed by atoms with E-state index in [0.29, 0.717) is 0 Å². The fraction of sp³-hybridized carbons (Fsp3) is 0.200. The van der Waals surface area contributed by atoms with Crippen molar-refractivity contribution < 1.29 is 4.74 Å². The summed E-state index contributed by atoms with van der Waals surface area (Å²) in [4.78, 5) is 2.29. The lowest BCUT2D eigenvalue weighted by atomic mass is 9.80. The average Bonchev–Trinajstić information content (AvgIpc) is 2.99. The SMILES string of the molecule is C=CC1=C(/C=C\C)N(c2ccccc2)c2ccccc2C12C=CC(C)(C)O2. The van der Waals surface area contributed by atoms with Gasteiger partial charge in [0.1, 0.15) is 5.60 Å². The second-order valence-electron chi connectivity index (χ2n) is 7.47. The fourth-order valence-electron chi connectivity index (χ4n) is 4.09. The normalized spacial score (nSPS) is 23.3. The van der Waals surface area contributed by atoms with Gasteiger partial charge in [0.2, 0.25) is 0 Å². The zero-order chi connectivity index (χ0) is 19.1. The molecule has 0 aliphatic carbocycles. The lowest BCUT2D eigenvalue weighted by Gasteiger charge is -2.44. The van der Waals surface area contributed by atoms with Gasteiger partial charge in [0.25, 0.3) is 0 Å². The molecule has 0 fully saturated rings. The number of anilines is 2. The molecule has 136 valence electrons. The van der Waals surface area contributed by atoms with E-state index in [1.54, 1.807) is 0 Å². The number of para-hydroxylation sites is 2. The molecule has 0 saturated carbocycles. The van der Waals surface area contributed by atoms with E-state index in [4.69, 9.17) is 4.74 Å². The number of rotatable bonds is 3. The lowest BCUT2D eigenvalue weighted by molar-refractivity contribution is -0.0511. The molecule has 2 aliphatic heterocycles. The Hall–Kier alpha value is -2.84. The van der Waals surface area contributed by atoms with E-state index in [1.807, 2.05) is 19.1 Å². The number of ether oxygens (including phenoxy) is 1. The van der Waals surface area contributed by atoms with E-state index in [9.17, 15) is 0 Å². The van der Waals surface area contributed by atoms with Crippen molar-refractivity contribution >= 4 is 11.4 Å². The van der Waals surface area contributed by atoms with Crippen LogP contribution in [0.4, 0.5) is 11.4 Å². The first-order valence-electron chi connectivity index (χ1n) is 9.37. The highest BCUT2D eigenvalue weighted by atomic mass is 16.5.